The molecule has 3 nitrogen and oxygen atoms in total. The zero-order chi connectivity index (χ0) is 12.3. The molecule has 1 N–H and O–H groups in total. The minimum Gasteiger partial charge on any atom is -0.393 e. The Morgan fingerprint density at radius 2 is 2.00 bits per heavy atom. The molecule has 2 rings (SSSR count). The number of aliphatic hydroxyl groups excluding tert-OH is 1. The topological polar surface area (TPSA) is 40.5 Å². The van der Waals surface area contributed by atoms with Crippen molar-refractivity contribution in [1.82, 2.24) is 4.90 Å². The molecule has 1 aliphatic rings. The highest BCUT2D eigenvalue weighted by Crippen LogP contribution is 2.17. The number of amides is 1. The number of halogens is 1. The maximum Gasteiger partial charge on any atom is 0.227 e. The van der Waals surface area contributed by atoms with E-state index in [1.807, 2.05) is 18.2 Å². The highest BCUT2D eigenvalue weighted by molar-refractivity contribution is 6.31. The van der Waals surface area contributed by atoms with E-state index in [4.69, 9.17) is 11.6 Å². The van der Waals surface area contributed by atoms with Gasteiger partial charge in [0.25, 0.3) is 0 Å². The van der Waals surface area contributed by atoms with Crippen LogP contribution in [-0.4, -0.2) is 35.1 Å². The third kappa shape index (κ3) is 3.20. The smallest absolute Gasteiger partial charge is 0.227 e. The van der Waals surface area contributed by atoms with Gasteiger partial charge < -0.3 is 10.0 Å². The third-order valence-corrected chi connectivity index (χ3v) is 3.49. The summed E-state index contributed by atoms with van der Waals surface area (Å²) in [5, 5.41) is 10.0. The van der Waals surface area contributed by atoms with Crippen molar-refractivity contribution in [2.45, 2.75) is 25.4 Å². The molecular formula is C13H16ClNO2. The first-order valence-corrected chi connectivity index (χ1v) is 6.24. The molecule has 1 fully saturated rings. The van der Waals surface area contributed by atoms with Gasteiger partial charge >= 0.3 is 0 Å². The zero-order valence-corrected chi connectivity index (χ0v) is 10.4. The van der Waals surface area contributed by atoms with Crippen LogP contribution in [0.5, 0.6) is 0 Å². The molecule has 0 radical (unpaired) electrons. The fourth-order valence-corrected chi connectivity index (χ4v) is 2.23. The van der Waals surface area contributed by atoms with Crippen molar-refractivity contribution in [2.24, 2.45) is 0 Å². The molecule has 0 aliphatic carbocycles. The standard InChI is InChI=1S/C13H16ClNO2/c14-12-4-2-1-3-10(12)9-13(17)15-7-5-11(16)6-8-15/h1-4,11,16H,5-9H2. The van der Waals surface area contributed by atoms with Gasteiger partial charge in [0.1, 0.15) is 0 Å². The molecule has 0 atom stereocenters. The summed E-state index contributed by atoms with van der Waals surface area (Å²) in [7, 11) is 0. The van der Waals surface area contributed by atoms with Crippen molar-refractivity contribution in [3.05, 3.63) is 34.9 Å². The van der Waals surface area contributed by atoms with E-state index < -0.39 is 0 Å². The van der Waals surface area contributed by atoms with E-state index in [2.05, 4.69) is 0 Å². The molecule has 17 heavy (non-hydrogen) atoms. The second-order valence-electron chi connectivity index (χ2n) is 4.38. The van der Waals surface area contributed by atoms with Crippen LogP contribution in [-0.2, 0) is 11.2 Å². The Balaban J connectivity index is 1.95. The molecule has 4 heteroatoms. The monoisotopic (exact) mass is 253 g/mol. The summed E-state index contributed by atoms with van der Waals surface area (Å²) in [5.41, 5.74) is 0.866. The number of benzene rings is 1. The van der Waals surface area contributed by atoms with Gasteiger partial charge in [-0.1, -0.05) is 29.8 Å². The van der Waals surface area contributed by atoms with Gasteiger partial charge in [0, 0.05) is 18.1 Å². The average Bonchev–Trinajstić information content (AvgIpc) is 2.33. The van der Waals surface area contributed by atoms with Crippen molar-refractivity contribution in [2.75, 3.05) is 13.1 Å². The molecule has 0 bridgehead atoms. The van der Waals surface area contributed by atoms with Gasteiger partial charge in [-0.3, -0.25) is 4.79 Å². The van der Waals surface area contributed by atoms with Crippen molar-refractivity contribution in [3.63, 3.8) is 0 Å². The lowest BCUT2D eigenvalue weighted by atomic mass is 10.1. The maximum absolute atomic E-state index is 12.0. The van der Waals surface area contributed by atoms with E-state index in [-0.39, 0.29) is 12.0 Å². The molecule has 1 amide bonds. The summed E-state index contributed by atoms with van der Waals surface area (Å²) in [5.74, 6) is 0.0880. The summed E-state index contributed by atoms with van der Waals surface area (Å²) in [4.78, 5) is 13.8. The Kier molecular flexibility index (Phi) is 4.02. The molecule has 0 unspecified atom stereocenters. The van der Waals surface area contributed by atoms with Crippen molar-refractivity contribution < 1.29 is 9.90 Å². The van der Waals surface area contributed by atoms with E-state index in [0.29, 0.717) is 37.4 Å². The molecule has 0 spiro atoms. The number of carbonyl (C=O) groups is 1. The van der Waals surface area contributed by atoms with E-state index in [9.17, 15) is 9.90 Å². The predicted molar refractivity (Wildman–Crippen MR) is 67.0 cm³/mol. The Morgan fingerprint density at radius 1 is 1.35 bits per heavy atom. The minimum atomic E-state index is -0.251. The Bertz CT molecular complexity index is 400. The van der Waals surface area contributed by atoms with Crippen molar-refractivity contribution in [1.29, 1.82) is 0 Å². The Morgan fingerprint density at radius 3 is 2.65 bits per heavy atom. The van der Waals surface area contributed by atoms with Crippen LogP contribution in [0.1, 0.15) is 18.4 Å². The number of hydrogen-bond donors (Lipinski definition) is 1. The van der Waals surface area contributed by atoms with Gasteiger partial charge in [-0.15, -0.1) is 0 Å². The van der Waals surface area contributed by atoms with Crippen LogP contribution < -0.4 is 0 Å². The molecule has 0 saturated carbocycles. The molecule has 0 aromatic heterocycles. The minimum absolute atomic E-state index is 0.0880. The normalized spacial score (nSPS) is 17.2. The summed E-state index contributed by atoms with van der Waals surface area (Å²) in [6.45, 7) is 1.29. The molecule has 1 aliphatic heterocycles. The predicted octanol–water partition coefficient (Wildman–Crippen LogP) is 1.87. The number of nitrogens with zero attached hydrogens (tertiary/aromatic N) is 1. The number of aliphatic hydroxyl groups is 1. The summed E-state index contributed by atoms with van der Waals surface area (Å²) in [6.07, 6.45) is 1.44. The van der Waals surface area contributed by atoms with Gasteiger partial charge in [-0.25, -0.2) is 0 Å². The zero-order valence-electron chi connectivity index (χ0n) is 9.60. The van der Waals surface area contributed by atoms with E-state index >= 15 is 0 Å². The van der Waals surface area contributed by atoms with Crippen LogP contribution in [0, 0.1) is 0 Å². The Hall–Kier alpha value is -1.06. The third-order valence-electron chi connectivity index (χ3n) is 3.12. The van der Waals surface area contributed by atoms with Crippen molar-refractivity contribution in [3.8, 4) is 0 Å². The van der Waals surface area contributed by atoms with Crippen LogP contribution >= 0.6 is 11.6 Å². The van der Waals surface area contributed by atoms with Crippen LogP contribution in [0.2, 0.25) is 5.02 Å². The molecular weight excluding hydrogens is 238 g/mol. The van der Waals surface area contributed by atoms with Crippen LogP contribution in [0.3, 0.4) is 0 Å². The van der Waals surface area contributed by atoms with Crippen LogP contribution in [0.15, 0.2) is 24.3 Å². The summed E-state index contributed by atoms with van der Waals surface area (Å²) in [6, 6.07) is 7.41. The van der Waals surface area contributed by atoms with Gasteiger partial charge in [0.05, 0.1) is 12.5 Å². The second kappa shape index (κ2) is 5.52. The van der Waals surface area contributed by atoms with Crippen LogP contribution in [0.25, 0.3) is 0 Å². The highest BCUT2D eigenvalue weighted by atomic mass is 35.5. The van der Waals surface area contributed by atoms with Gasteiger partial charge in [-0.2, -0.15) is 0 Å². The SMILES string of the molecule is O=C(Cc1ccccc1Cl)N1CCC(O)CC1. The molecule has 1 aromatic rings. The van der Waals surface area contributed by atoms with Crippen molar-refractivity contribution >= 4 is 17.5 Å². The average molecular weight is 254 g/mol. The number of carbonyl (C=O) groups excluding carboxylic acids is 1. The first-order chi connectivity index (χ1) is 8.16. The molecule has 1 heterocycles. The second-order valence-corrected chi connectivity index (χ2v) is 4.79. The largest absolute Gasteiger partial charge is 0.393 e. The van der Waals surface area contributed by atoms with Gasteiger partial charge in [0.2, 0.25) is 5.91 Å². The number of hydrogen-bond acceptors (Lipinski definition) is 2. The van der Waals surface area contributed by atoms with E-state index in [0.717, 1.165) is 5.56 Å². The lowest BCUT2D eigenvalue weighted by Crippen LogP contribution is -2.40. The maximum atomic E-state index is 12.0. The number of likely N-dealkylation sites (tertiary alicyclic amines) is 1. The molecule has 1 aromatic carbocycles. The first-order valence-electron chi connectivity index (χ1n) is 5.86. The number of rotatable bonds is 2. The summed E-state index contributed by atoms with van der Waals surface area (Å²) < 4.78 is 0. The lowest BCUT2D eigenvalue weighted by molar-refractivity contribution is -0.132. The fourth-order valence-electron chi connectivity index (χ4n) is 2.03. The van der Waals surface area contributed by atoms with Crippen LogP contribution in [0.4, 0.5) is 0 Å². The van der Waals surface area contributed by atoms with Gasteiger partial charge in [0.15, 0.2) is 0 Å². The number of piperidine rings is 1. The Labute approximate surface area is 106 Å². The molecule has 1 saturated heterocycles. The first kappa shape index (κ1) is 12.4. The lowest BCUT2D eigenvalue weighted by Gasteiger charge is -2.29. The highest BCUT2D eigenvalue weighted by Gasteiger charge is 2.21. The quantitative estimate of drug-likeness (QED) is 0.874. The molecule has 92 valence electrons. The van der Waals surface area contributed by atoms with Gasteiger partial charge in [-0.05, 0) is 24.5 Å². The fraction of sp³-hybridized carbons (Fsp3) is 0.462. The van der Waals surface area contributed by atoms with E-state index in [1.165, 1.54) is 0 Å². The summed E-state index contributed by atoms with van der Waals surface area (Å²) >= 11 is 6.02. The van der Waals surface area contributed by atoms with E-state index in [1.54, 1.807) is 11.0 Å².